The number of anilines is 1. The van der Waals surface area contributed by atoms with Crippen LogP contribution in [0, 0.1) is 0 Å². The minimum absolute atomic E-state index is 0.655. The van der Waals surface area contributed by atoms with E-state index < -0.39 is 0 Å². The minimum Gasteiger partial charge on any atom is -0.357 e. The molecule has 0 aliphatic rings. The van der Waals surface area contributed by atoms with Gasteiger partial charge in [-0.3, -0.25) is 0 Å². The normalized spacial score (nSPS) is 10.3. The molecule has 0 fully saturated rings. The van der Waals surface area contributed by atoms with E-state index in [1.165, 1.54) is 5.56 Å². The smallest absolute Gasteiger partial charge is 0.183 e. The van der Waals surface area contributed by atoms with Crippen molar-refractivity contribution in [3.05, 3.63) is 47.0 Å². The molecule has 2 aromatic rings. The van der Waals surface area contributed by atoms with Crippen LogP contribution in [0.3, 0.4) is 0 Å². The van der Waals surface area contributed by atoms with E-state index in [9.17, 15) is 0 Å². The van der Waals surface area contributed by atoms with Gasteiger partial charge in [0.25, 0.3) is 0 Å². The van der Waals surface area contributed by atoms with Crippen LogP contribution in [0.1, 0.15) is 11.3 Å². The Morgan fingerprint density at radius 1 is 1.25 bits per heavy atom. The highest BCUT2D eigenvalue weighted by atomic mass is 32.1. The van der Waals surface area contributed by atoms with Gasteiger partial charge >= 0.3 is 0 Å². The molecule has 0 bridgehead atoms. The molecule has 0 aliphatic heterocycles. The number of benzene rings is 1. The van der Waals surface area contributed by atoms with Gasteiger partial charge in [0.15, 0.2) is 5.13 Å². The van der Waals surface area contributed by atoms with Crippen LogP contribution in [0.2, 0.25) is 0 Å². The van der Waals surface area contributed by atoms with Crippen LogP contribution in [0.15, 0.2) is 35.7 Å². The SMILES string of the molecule is NCCc1csc(NCc2ccccc2)n1. The molecular formula is C12H15N3S. The van der Waals surface area contributed by atoms with E-state index >= 15 is 0 Å². The van der Waals surface area contributed by atoms with Gasteiger partial charge in [-0.05, 0) is 12.1 Å². The molecule has 0 atom stereocenters. The predicted octanol–water partition coefficient (Wildman–Crippen LogP) is 2.26. The van der Waals surface area contributed by atoms with Crippen molar-refractivity contribution in [1.29, 1.82) is 0 Å². The van der Waals surface area contributed by atoms with Crippen LogP contribution in [0.25, 0.3) is 0 Å². The largest absolute Gasteiger partial charge is 0.357 e. The third-order valence-corrected chi connectivity index (χ3v) is 3.09. The average Bonchev–Trinajstić information content (AvgIpc) is 2.76. The molecule has 84 valence electrons. The van der Waals surface area contributed by atoms with Crippen LogP contribution in [-0.4, -0.2) is 11.5 Å². The summed E-state index contributed by atoms with van der Waals surface area (Å²) in [6.45, 7) is 1.47. The highest BCUT2D eigenvalue weighted by Crippen LogP contribution is 2.16. The predicted molar refractivity (Wildman–Crippen MR) is 68.6 cm³/mol. The molecule has 0 amide bonds. The first-order valence-electron chi connectivity index (χ1n) is 5.31. The number of hydrogen-bond donors (Lipinski definition) is 2. The van der Waals surface area contributed by atoms with Crippen molar-refractivity contribution in [2.24, 2.45) is 5.73 Å². The second-order valence-corrected chi connectivity index (χ2v) is 4.38. The lowest BCUT2D eigenvalue weighted by Crippen LogP contribution is -2.03. The number of hydrogen-bond acceptors (Lipinski definition) is 4. The Hall–Kier alpha value is -1.39. The highest BCUT2D eigenvalue weighted by molar-refractivity contribution is 7.13. The van der Waals surface area contributed by atoms with Crippen molar-refractivity contribution in [2.75, 3.05) is 11.9 Å². The third kappa shape index (κ3) is 3.05. The van der Waals surface area contributed by atoms with E-state index in [0.29, 0.717) is 6.54 Å². The van der Waals surface area contributed by atoms with Gasteiger partial charge in [-0.25, -0.2) is 4.98 Å². The standard InChI is InChI=1S/C12H15N3S/c13-7-6-11-9-16-12(15-11)14-8-10-4-2-1-3-5-10/h1-5,9H,6-8,13H2,(H,14,15). The van der Waals surface area contributed by atoms with Crippen LogP contribution < -0.4 is 11.1 Å². The van der Waals surface area contributed by atoms with Crippen molar-refractivity contribution in [1.82, 2.24) is 4.98 Å². The van der Waals surface area contributed by atoms with E-state index in [-0.39, 0.29) is 0 Å². The van der Waals surface area contributed by atoms with E-state index in [1.807, 2.05) is 18.2 Å². The average molecular weight is 233 g/mol. The summed E-state index contributed by atoms with van der Waals surface area (Å²) in [4.78, 5) is 4.44. The van der Waals surface area contributed by atoms with Gasteiger partial charge in [-0.2, -0.15) is 0 Å². The summed E-state index contributed by atoms with van der Waals surface area (Å²) in [5, 5.41) is 6.33. The number of rotatable bonds is 5. The molecular weight excluding hydrogens is 218 g/mol. The molecule has 4 heteroatoms. The van der Waals surface area contributed by atoms with Crippen molar-refractivity contribution in [3.8, 4) is 0 Å². The highest BCUT2D eigenvalue weighted by Gasteiger charge is 2.00. The van der Waals surface area contributed by atoms with Gasteiger partial charge in [-0.1, -0.05) is 30.3 Å². The van der Waals surface area contributed by atoms with Gasteiger partial charge in [-0.15, -0.1) is 11.3 Å². The fraction of sp³-hybridized carbons (Fsp3) is 0.250. The topological polar surface area (TPSA) is 50.9 Å². The lowest BCUT2D eigenvalue weighted by Gasteiger charge is -2.01. The van der Waals surface area contributed by atoms with Gasteiger partial charge in [0.2, 0.25) is 0 Å². The van der Waals surface area contributed by atoms with E-state index in [4.69, 9.17) is 5.73 Å². The lowest BCUT2D eigenvalue weighted by molar-refractivity contribution is 0.933. The van der Waals surface area contributed by atoms with E-state index in [0.717, 1.165) is 23.8 Å². The Balaban J connectivity index is 1.89. The molecule has 3 nitrogen and oxygen atoms in total. The van der Waals surface area contributed by atoms with Crippen LogP contribution in [0.5, 0.6) is 0 Å². The summed E-state index contributed by atoms with van der Waals surface area (Å²) in [6.07, 6.45) is 0.851. The zero-order chi connectivity index (χ0) is 11.2. The summed E-state index contributed by atoms with van der Waals surface area (Å²) in [7, 11) is 0. The summed E-state index contributed by atoms with van der Waals surface area (Å²) >= 11 is 1.63. The number of nitrogens with zero attached hydrogens (tertiary/aromatic N) is 1. The molecule has 0 saturated heterocycles. The van der Waals surface area contributed by atoms with Crippen molar-refractivity contribution < 1.29 is 0 Å². The van der Waals surface area contributed by atoms with Gasteiger partial charge in [0, 0.05) is 18.3 Å². The Morgan fingerprint density at radius 2 is 2.06 bits per heavy atom. The molecule has 0 unspecified atom stereocenters. The molecule has 2 rings (SSSR count). The number of nitrogens with one attached hydrogen (secondary N) is 1. The Morgan fingerprint density at radius 3 is 2.81 bits per heavy atom. The maximum atomic E-state index is 5.48. The van der Waals surface area contributed by atoms with Crippen molar-refractivity contribution >= 4 is 16.5 Å². The molecule has 0 spiro atoms. The second kappa shape index (κ2) is 5.63. The number of thiazole rings is 1. The Kier molecular flexibility index (Phi) is 3.91. The van der Waals surface area contributed by atoms with Crippen molar-refractivity contribution in [3.63, 3.8) is 0 Å². The molecule has 0 saturated carbocycles. The van der Waals surface area contributed by atoms with E-state index in [1.54, 1.807) is 11.3 Å². The first kappa shape index (κ1) is 11.1. The minimum atomic E-state index is 0.655. The van der Waals surface area contributed by atoms with Crippen molar-refractivity contribution in [2.45, 2.75) is 13.0 Å². The van der Waals surface area contributed by atoms with E-state index in [2.05, 4.69) is 27.8 Å². The first-order chi connectivity index (χ1) is 7.88. The lowest BCUT2D eigenvalue weighted by atomic mass is 10.2. The Bertz CT molecular complexity index is 425. The number of nitrogens with two attached hydrogens (primary N) is 1. The molecule has 0 radical (unpaired) electrons. The zero-order valence-corrected chi connectivity index (χ0v) is 9.83. The summed E-state index contributed by atoms with van der Waals surface area (Å²) in [6, 6.07) is 10.3. The van der Waals surface area contributed by atoms with Crippen LogP contribution in [0.4, 0.5) is 5.13 Å². The maximum Gasteiger partial charge on any atom is 0.183 e. The quantitative estimate of drug-likeness (QED) is 0.833. The molecule has 1 aromatic heterocycles. The van der Waals surface area contributed by atoms with Crippen LogP contribution >= 0.6 is 11.3 Å². The number of aromatic nitrogens is 1. The first-order valence-corrected chi connectivity index (χ1v) is 6.18. The molecule has 3 N–H and O–H groups in total. The summed E-state index contributed by atoms with van der Waals surface area (Å²) in [5.74, 6) is 0. The fourth-order valence-corrected chi connectivity index (χ4v) is 2.17. The third-order valence-electron chi connectivity index (χ3n) is 2.24. The molecule has 1 heterocycles. The van der Waals surface area contributed by atoms with Gasteiger partial charge in [0.1, 0.15) is 0 Å². The molecule has 1 aromatic carbocycles. The fourth-order valence-electron chi connectivity index (χ4n) is 1.42. The monoisotopic (exact) mass is 233 g/mol. The van der Waals surface area contributed by atoms with Gasteiger partial charge < -0.3 is 11.1 Å². The zero-order valence-electron chi connectivity index (χ0n) is 9.02. The molecule has 16 heavy (non-hydrogen) atoms. The maximum absolute atomic E-state index is 5.48. The molecule has 0 aliphatic carbocycles. The summed E-state index contributed by atoms with van der Waals surface area (Å²) in [5.41, 5.74) is 7.81. The Labute approximate surface area is 99.3 Å². The summed E-state index contributed by atoms with van der Waals surface area (Å²) < 4.78 is 0. The second-order valence-electron chi connectivity index (χ2n) is 3.52. The van der Waals surface area contributed by atoms with Gasteiger partial charge in [0.05, 0.1) is 5.69 Å². The van der Waals surface area contributed by atoms with Crippen LogP contribution in [-0.2, 0) is 13.0 Å².